The fourth-order valence-corrected chi connectivity index (χ4v) is 6.29. The Bertz CT molecular complexity index is 433. The van der Waals surface area contributed by atoms with Gasteiger partial charge in [-0.15, -0.1) is 0 Å². The average Bonchev–Trinajstić information content (AvgIpc) is 2.78. The largest absolute Gasteiger partial charge is 0.531 e. The molecule has 1 aliphatic heterocycles. The van der Waals surface area contributed by atoms with Crippen molar-refractivity contribution >= 4 is 8.80 Å². The first-order valence-corrected chi connectivity index (χ1v) is 14.9. The second-order valence-corrected chi connectivity index (χ2v) is 11.0. The molecular formula is C24H50O7Si. The van der Waals surface area contributed by atoms with Crippen molar-refractivity contribution in [3.05, 3.63) is 0 Å². The summed E-state index contributed by atoms with van der Waals surface area (Å²) < 4.78 is 43.8. The van der Waals surface area contributed by atoms with Crippen LogP contribution < -0.4 is 0 Å². The molecule has 1 fully saturated rings. The lowest BCUT2D eigenvalue weighted by atomic mass is 10.3. The van der Waals surface area contributed by atoms with Crippen molar-refractivity contribution in [2.24, 2.45) is 0 Å². The quantitative estimate of drug-likeness (QED) is 0.109. The van der Waals surface area contributed by atoms with E-state index >= 15 is 0 Å². The van der Waals surface area contributed by atoms with Crippen LogP contribution in [-0.2, 0) is 32.2 Å². The molecule has 0 spiro atoms. The number of rotatable bonds is 21. The van der Waals surface area contributed by atoms with Crippen LogP contribution in [0.4, 0.5) is 0 Å². The van der Waals surface area contributed by atoms with Gasteiger partial charge < -0.3 is 18.0 Å². The first kappa shape index (κ1) is 30.0. The van der Waals surface area contributed by atoms with Crippen molar-refractivity contribution in [3.63, 3.8) is 0 Å². The molecule has 1 heterocycles. The fourth-order valence-electron chi connectivity index (χ4n) is 3.38. The first-order valence-electron chi connectivity index (χ1n) is 13.1. The summed E-state index contributed by atoms with van der Waals surface area (Å²) in [5.74, 6) is -1.03. The Morgan fingerprint density at radius 2 is 1.25 bits per heavy atom. The smallest absolute Gasteiger partial charge is 0.372 e. The van der Waals surface area contributed by atoms with E-state index in [2.05, 4.69) is 27.7 Å². The number of hydrogen-bond acceptors (Lipinski definition) is 7. The highest BCUT2D eigenvalue weighted by Crippen LogP contribution is 2.37. The molecule has 1 rings (SSSR count). The Balaban J connectivity index is 3.00. The zero-order chi connectivity index (χ0) is 23.9. The fraction of sp³-hybridized carbons (Fsp3) is 1.00. The summed E-state index contributed by atoms with van der Waals surface area (Å²) >= 11 is 0. The van der Waals surface area contributed by atoms with Crippen LogP contribution in [0.1, 0.15) is 113 Å². The lowest BCUT2D eigenvalue weighted by Crippen LogP contribution is -2.60. The van der Waals surface area contributed by atoms with Crippen LogP contribution >= 0.6 is 0 Å². The Morgan fingerprint density at radius 3 is 1.59 bits per heavy atom. The van der Waals surface area contributed by atoms with Gasteiger partial charge in [0.2, 0.25) is 0 Å². The van der Waals surface area contributed by atoms with Crippen molar-refractivity contribution in [2.75, 3.05) is 19.8 Å². The highest BCUT2D eigenvalue weighted by molar-refractivity contribution is 6.62. The molecule has 2 atom stereocenters. The van der Waals surface area contributed by atoms with Crippen LogP contribution in [0.5, 0.6) is 0 Å². The maximum absolute atomic E-state index is 6.51. The van der Waals surface area contributed by atoms with E-state index in [0.717, 1.165) is 51.4 Å². The molecule has 0 bridgehead atoms. The van der Waals surface area contributed by atoms with E-state index in [1.54, 1.807) is 0 Å². The lowest BCUT2D eigenvalue weighted by Gasteiger charge is -2.47. The van der Waals surface area contributed by atoms with Crippen LogP contribution in [0.25, 0.3) is 0 Å². The SMILES string of the molecule is CCCCO[Si](OCCCC)(OCCCC)C(CC)OC(CC)OC1(CC)OC(CC)O1. The molecule has 0 N–H and O–H groups in total. The molecule has 1 saturated heterocycles. The molecule has 0 aliphatic carbocycles. The number of ether oxygens (including phenoxy) is 4. The molecule has 2 unspecified atom stereocenters. The minimum absolute atomic E-state index is 0.213. The van der Waals surface area contributed by atoms with Gasteiger partial charge >= 0.3 is 8.80 Å². The zero-order valence-electron chi connectivity index (χ0n) is 21.8. The molecule has 0 saturated carbocycles. The topological polar surface area (TPSA) is 64.6 Å². The van der Waals surface area contributed by atoms with E-state index in [4.69, 9.17) is 32.2 Å². The van der Waals surface area contributed by atoms with Crippen molar-refractivity contribution < 1.29 is 32.2 Å². The summed E-state index contributed by atoms with van der Waals surface area (Å²) in [6, 6.07) is 0. The third-order valence-electron chi connectivity index (χ3n) is 5.52. The van der Waals surface area contributed by atoms with Crippen molar-refractivity contribution in [2.45, 2.75) is 137 Å². The maximum Gasteiger partial charge on any atom is 0.531 e. The molecule has 0 radical (unpaired) electrons. The number of hydrogen-bond donors (Lipinski definition) is 0. The minimum atomic E-state index is -3.10. The van der Waals surface area contributed by atoms with Crippen LogP contribution in [0.2, 0.25) is 0 Å². The van der Waals surface area contributed by atoms with Crippen molar-refractivity contribution in [1.82, 2.24) is 0 Å². The van der Waals surface area contributed by atoms with Crippen LogP contribution in [0, 0.1) is 0 Å². The minimum Gasteiger partial charge on any atom is -0.372 e. The maximum atomic E-state index is 6.51. The average molecular weight is 479 g/mol. The van der Waals surface area contributed by atoms with Gasteiger partial charge in [0.15, 0.2) is 12.6 Å². The summed E-state index contributed by atoms with van der Waals surface area (Å²) in [7, 11) is -3.10. The summed E-state index contributed by atoms with van der Waals surface area (Å²) in [4.78, 5) is 0. The molecular weight excluding hydrogens is 428 g/mol. The van der Waals surface area contributed by atoms with Gasteiger partial charge in [0.25, 0.3) is 5.97 Å². The predicted molar refractivity (Wildman–Crippen MR) is 128 cm³/mol. The summed E-state index contributed by atoms with van der Waals surface area (Å²) in [6.45, 7) is 16.5. The Labute approximate surface area is 198 Å². The third-order valence-corrected chi connectivity index (χ3v) is 8.67. The van der Waals surface area contributed by atoms with Gasteiger partial charge in [-0.2, -0.15) is 0 Å². The highest BCUT2D eigenvalue weighted by Gasteiger charge is 2.53. The Hall–Kier alpha value is -0.0631. The van der Waals surface area contributed by atoms with Gasteiger partial charge in [0, 0.05) is 26.2 Å². The summed E-state index contributed by atoms with van der Waals surface area (Å²) in [5.41, 5.74) is -0.311. The van der Waals surface area contributed by atoms with E-state index in [1.165, 1.54) is 0 Å². The molecule has 192 valence electrons. The van der Waals surface area contributed by atoms with Crippen LogP contribution in [-0.4, -0.2) is 52.9 Å². The molecule has 7 nitrogen and oxygen atoms in total. The predicted octanol–water partition coefficient (Wildman–Crippen LogP) is 6.31. The first-order chi connectivity index (χ1) is 15.5. The Kier molecular flexibility index (Phi) is 15.5. The van der Waals surface area contributed by atoms with Crippen LogP contribution in [0.15, 0.2) is 0 Å². The molecule has 0 amide bonds. The second-order valence-electron chi connectivity index (χ2n) is 8.31. The van der Waals surface area contributed by atoms with E-state index < -0.39 is 21.1 Å². The highest BCUT2D eigenvalue weighted by atomic mass is 28.4. The van der Waals surface area contributed by atoms with Gasteiger partial charge in [-0.1, -0.05) is 67.7 Å². The molecule has 1 aliphatic rings. The lowest BCUT2D eigenvalue weighted by molar-refractivity contribution is -0.559. The van der Waals surface area contributed by atoms with Gasteiger partial charge in [-0.25, -0.2) is 0 Å². The molecule has 32 heavy (non-hydrogen) atoms. The standard InChI is InChI=1S/C24H50O7Si/c1-8-15-18-25-32(26-19-16-9-2,27-20-17-10-3)23(13-6)28-21(11-4)29-24(14-7)30-22(12-5)31-24/h21-23H,8-20H2,1-7H3. The van der Waals surface area contributed by atoms with Crippen molar-refractivity contribution in [1.29, 1.82) is 0 Å². The van der Waals surface area contributed by atoms with Gasteiger partial charge in [0.1, 0.15) is 5.73 Å². The third kappa shape index (κ3) is 9.29. The van der Waals surface area contributed by atoms with E-state index in [0.29, 0.717) is 32.7 Å². The van der Waals surface area contributed by atoms with Gasteiger partial charge in [-0.3, -0.25) is 14.2 Å². The van der Waals surface area contributed by atoms with E-state index in [-0.39, 0.29) is 12.0 Å². The van der Waals surface area contributed by atoms with E-state index in [9.17, 15) is 0 Å². The normalized spacial score (nSPS) is 23.2. The Morgan fingerprint density at radius 1 is 0.750 bits per heavy atom. The van der Waals surface area contributed by atoms with Gasteiger partial charge in [-0.05, 0) is 38.5 Å². The number of unbranched alkanes of at least 4 members (excludes halogenated alkanes) is 3. The van der Waals surface area contributed by atoms with E-state index in [1.807, 2.05) is 20.8 Å². The van der Waals surface area contributed by atoms with Gasteiger partial charge in [0.05, 0.1) is 0 Å². The zero-order valence-corrected chi connectivity index (χ0v) is 22.8. The van der Waals surface area contributed by atoms with Crippen LogP contribution in [0.3, 0.4) is 0 Å². The molecule has 8 heteroatoms. The molecule has 0 aromatic heterocycles. The second kappa shape index (κ2) is 16.5. The molecule has 0 aromatic rings. The van der Waals surface area contributed by atoms with Crippen molar-refractivity contribution in [3.8, 4) is 0 Å². The molecule has 0 aromatic carbocycles. The summed E-state index contributed by atoms with van der Waals surface area (Å²) in [5, 5.41) is 0. The monoisotopic (exact) mass is 478 g/mol. The summed E-state index contributed by atoms with van der Waals surface area (Å²) in [6.07, 6.45) is 8.11.